The first-order valence-corrected chi connectivity index (χ1v) is 9.53. The standard InChI is InChI=1S/C21H16N2O3S/c24-20-16-5-6-18-17(21(16)26-19(20)9-15-4-2-8-27-15)12-23(13-25-18)11-14-3-1-7-22-10-14/h1-10H,11-13H2/b19-9-. The lowest BCUT2D eigenvalue weighted by Gasteiger charge is -2.29. The maximum absolute atomic E-state index is 12.7. The SMILES string of the molecule is O=C1/C(=C/c2cccs2)Oc2c1ccc1c2CN(Cc2cccnc2)CO1. The van der Waals surface area contributed by atoms with Crippen LogP contribution in [0, 0.1) is 0 Å². The van der Waals surface area contributed by atoms with Crippen molar-refractivity contribution in [3.63, 3.8) is 0 Å². The fourth-order valence-corrected chi connectivity index (χ4v) is 4.00. The Morgan fingerprint density at radius 3 is 3.00 bits per heavy atom. The molecule has 0 atom stereocenters. The Kier molecular flexibility index (Phi) is 3.99. The van der Waals surface area contributed by atoms with E-state index in [0.29, 0.717) is 30.3 Å². The van der Waals surface area contributed by atoms with Crippen molar-refractivity contribution >= 4 is 23.2 Å². The molecule has 0 fully saturated rings. The molecule has 2 aliphatic rings. The minimum Gasteiger partial charge on any atom is -0.478 e. The highest BCUT2D eigenvalue weighted by atomic mass is 32.1. The second-order valence-electron chi connectivity index (χ2n) is 6.50. The first-order valence-electron chi connectivity index (χ1n) is 8.65. The van der Waals surface area contributed by atoms with Gasteiger partial charge in [0.05, 0.1) is 11.1 Å². The molecule has 0 unspecified atom stereocenters. The third-order valence-corrected chi connectivity index (χ3v) is 5.45. The average molecular weight is 376 g/mol. The average Bonchev–Trinajstić information content (AvgIpc) is 3.32. The molecule has 0 aliphatic carbocycles. The summed E-state index contributed by atoms with van der Waals surface area (Å²) >= 11 is 1.57. The molecule has 0 bridgehead atoms. The summed E-state index contributed by atoms with van der Waals surface area (Å²) in [5.74, 6) is 1.69. The number of allylic oxidation sites excluding steroid dienone is 1. The van der Waals surface area contributed by atoms with Crippen LogP contribution in [0.4, 0.5) is 0 Å². The highest BCUT2D eigenvalue weighted by Crippen LogP contribution is 2.42. The molecule has 4 heterocycles. The van der Waals surface area contributed by atoms with Gasteiger partial charge < -0.3 is 9.47 Å². The summed E-state index contributed by atoms with van der Waals surface area (Å²) in [5.41, 5.74) is 2.64. The van der Waals surface area contributed by atoms with Gasteiger partial charge >= 0.3 is 0 Å². The molecule has 0 spiro atoms. The summed E-state index contributed by atoms with van der Waals surface area (Å²) < 4.78 is 11.9. The zero-order valence-corrected chi connectivity index (χ0v) is 15.2. The van der Waals surface area contributed by atoms with E-state index < -0.39 is 0 Å². The number of benzene rings is 1. The second kappa shape index (κ2) is 6.64. The van der Waals surface area contributed by atoms with Crippen LogP contribution >= 0.6 is 11.3 Å². The van der Waals surface area contributed by atoms with Crippen molar-refractivity contribution in [1.82, 2.24) is 9.88 Å². The minimum absolute atomic E-state index is 0.0782. The first-order chi connectivity index (χ1) is 13.3. The fourth-order valence-electron chi connectivity index (χ4n) is 3.36. The molecule has 5 nitrogen and oxygen atoms in total. The van der Waals surface area contributed by atoms with E-state index in [1.807, 2.05) is 41.9 Å². The third-order valence-electron chi connectivity index (χ3n) is 4.63. The van der Waals surface area contributed by atoms with Crippen molar-refractivity contribution in [3.8, 4) is 11.5 Å². The number of carbonyl (C=O) groups excluding carboxylic acids is 1. The lowest BCUT2D eigenvalue weighted by atomic mass is 10.0. The number of ketones is 1. The van der Waals surface area contributed by atoms with E-state index >= 15 is 0 Å². The van der Waals surface area contributed by atoms with Crippen molar-refractivity contribution in [2.45, 2.75) is 13.1 Å². The van der Waals surface area contributed by atoms with Crippen LogP contribution in [0.15, 0.2) is 59.9 Å². The van der Waals surface area contributed by atoms with Crippen molar-refractivity contribution in [2.24, 2.45) is 0 Å². The predicted molar refractivity (Wildman–Crippen MR) is 103 cm³/mol. The van der Waals surface area contributed by atoms with Crippen LogP contribution in [0.1, 0.15) is 26.4 Å². The molecule has 2 aromatic heterocycles. The van der Waals surface area contributed by atoms with Crippen LogP contribution in [0.3, 0.4) is 0 Å². The van der Waals surface area contributed by atoms with Gasteiger partial charge in [0, 0.05) is 36.4 Å². The van der Waals surface area contributed by atoms with Crippen LogP contribution in [0.5, 0.6) is 11.5 Å². The molecule has 0 amide bonds. The molecule has 0 N–H and O–H groups in total. The quantitative estimate of drug-likeness (QED) is 0.644. The molecule has 0 saturated heterocycles. The Balaban J connectivity index is 1.44. The number of ether oxygens (including phenoxy) is 2. The van der Waals surface area contributed by atoms with E-state index in [9.17, 15) is 4.79 Å². The molecule has 3 aromatic rings. The topological polar surface area (TPSA) is 51.7 Å². The second-order valence-corrected chi connectivity index (χ2v) is 7.48. The van der Waals surface area contributed by atoms with E-state index in [-0.39, 0.29) is 5.78 Å². The number of thiophene rings is 1. The smallest absolute Gasteiger partial charge is 0.232 e. The summed E-state index contributed by atoms with van der Waals surface area (Å²) in [6.45, 7) is 1.88. The summed E-state index contributed by atoms with van der Waals surface area (Å²) in [7, 11) is 0. The van der Waals surface area contributed by atoms with Gasteiger partial charge in [-0.05, 0) is 35.2 Å². The Morgan fingerprint density at radius 2 is 2.19 bits per heavy atom. The van der Waals surface area contributed by atoms with E-state index in [1.54, 1.807) is 29.7 Å². The van der Waals surface area contributed by atoms with Crippen LogP contribution < -0.4 is 9.47 Å². The minimum atomic E-state index is -0.0782. The summed E-state index contributed by atoms with van der Waals surface area (Å²) in [4.78, 5) is 20.1. The zero-order chi connectivity index (χ0) is 18.2. The fraction of sp³-hybridized carbons (Fsp3) is 0.143. The Hall–Kier alpha value is -2.96. The largest absolute Gasteiger partial charge is 0.478 e. The molecule has 0 saturated carbocycles. The van der Waals surface area contributed by atoms with E-state index in [0.717, 1.165) is 28.3 Å². The molecule has 6 heteroatoms. The molecular weight excluding hydrogens is 360 g/mol. The number of rotatable bonds is 3. The predicted octanol–water partition coefficient (Wildman–Crippen LogP) is 4.11. The van der Waals surface area contributed by atoms with Crippen LogP contribution in [-0.4, -0.2) is 22.4 Å². The van der Waals surface area contributed by atoms with Crippen molar-refractivity contribution in [2.75, 3.05) is 6.73 Å². The zero-order valence-electron chi connectivity index (χ0n) is 14.4. The highest BCUT2D eigenvalue weighted by molar-refractivity contribution is 7.10. The number of hydrogen-bond acceptors (Lipinski definition) is 6. The number of pyridine rings is 1. The summed E-state index contributed by atoms with van der Waals surface area (Å²) in [6, 6.07) is 11.5. The van der Waals surface area contributed by atoms with Gasteiger partial charge in [0.15, 0.2) is 5.76 Å². The summed E-state index contributed by atoms with van der Waals surface area (Å²) in [6.07, 6.45) is 5.42. The lowest BCUT2D eigenvalue weighted by Crippen LogP contribution is -2.31. The maximum atomic E-state index is 12.7. The molecule has 27 heavy (non-hydrogen) atoms. The van der Waals surface area contributed by atoms with E-state index in [2.05, 4.69) is 9.88 Å². The number of fused-ring (bicyclic) bond motifs is 3. The van der Waals surface area contributed by atoms with Crippen molar-refractivity contribution in [1.29, 1.82) is 0 Å². The van der Waals surface area contributed by atoms with Gasteiger partial charge in [-0.3, -0.25) is 14.7 Å². The number of Topliss-reactive ketones (excluding diaryl/α,β-unsaturated/α-hetero) is 1. The van der Waals surface area contributed by atoms with Gasteiger partial charge in [-0.25, -0.2) is 0 Å². The molecule has 134 valence electrons. The molecular formula is C21H16N2O3S. The highest BCUT2D eigenvalue weighted by Gasteiger charge is 2.33. The van der Waals surface area contributed by atoms with E-state index in [1.165, 1.54) is 0 Å². The van der Waals surface area contributed by atoms with Crippen molar-refractivity contribution < 1.29 is 14.3 Å². The Bertz CT molecular complexity index is 1030. The van der Waals surface area contributed by atoms with Gasteiger partial charge in [0.1, 0.15) is 18.2 Å². The lowest BCUT2D eigenvalue weighted by molar-refractivity contribution is 0.0872. The molecule has 0 radical (unpaired) electrons. The first kappa shape index (κ1) is 16.2. The van der Waals surface area contributed by atoms with Crippen LogP contribution in [0.2, 0.25) is 0 Å². The number of aromatic nitrogens is 1. The number of hydrogen-bond donors (Lipinski definition) is 0. The number of nitrogens with zero attached hydrogens (tertiary/aromatic N) is 2. The van der Waals surface area contributed by atoms with Gasteiger partial charge in [-0.2, -0.15) is 0 Å². The Morgan fingerprint density at radius 1 is 1.22 bits per heavy atom. The normalized spacial score (nSPS) is 17.3. The maximum Gasteiger partial charge on any atom is 0.232 e. The van der Waals surface area contributed by atoms with Crippen LogP contribution in [0.25, 0.3) is 6.08 Å². The van der Waals surface area contributed by atoms with Gasteiger partial charge in [0.2, 0.25) is 5.78 Å². The number of carbonyl (C=O) groups is 1. The van der Waals surface area contributed by atoms with Gasteiger partial charge in [-0.1, -0.05) is 12.1 Å². The Labute approximate surface area is 160 Å². The molecule has 5 rings (SSSR count). The monoisotopic (exact) mass is 376 g/mol. The third kappa shape index (κ3) is 3.03. The van der Waals surface area contributed by atoms with E-state index in [4.69, 9.17) is 9.47 Å². The summed E-state index contributed by atoms with van der Waals surface area (Å²) in [5, 5.41) is 1.98. The van der Waals surface area contributed by atoms with Crippen LogP contribution in [-0.2, 0) is 13.1 Å². The van der Waals surface area contributed by atoms with Gasteiger partial charge in [-0.15, -0.1) is 11.3 Å². The molecule has 1 aromatic carbocycles. The molecule has 2 aliphatic heterocycles. The van der Waals surface area contributed by atoms with Gasteiger partial charge in [0.25, 0.3) is 0 Å². The van der Waals surface area contributed by atoms with Crippen molar-refractivity contribution in [3.05, 3.63) is 81.5 Å².